The van der Waals surface area contributed by atoms with Gasteiger partial charge in [0, 0.05) is 43.9 Å². The molecule has 1 aliphatic heterocycles. The monoisotopic (exact) mass is 464 g/mol. The number of carbonyl (C=O) groups is 1. The molecule has 4 rings (SSSR count). The Morgan fingerprint density at radius 1 is 0.970 bits per heavy atom. The summed E-state index contributed by atoms with van der Waals surface area (Å²) < 4.78 is 5.59. The van der Waals surface area contributed by atoms with Gasteiger partial charge in [0.25, 0.3) is 0 Å². The fourth-order valence-electron chi connectivity index (χ4n) is 4.13. The highest BCUT2D eigenvalue weighted by atomic mass is 35.5. The predicted octanol–water partition coefficient (Wildman–Crippen LogP) is 4.10. The Kier molecular flexibility index (Phi) is 8.44. The fraction of sp³-hybridized carbons (Fsp3) is 0.308. The minimum absolute atomic E-state index is 0.0432. The molecule has 1 atom stereocenters. The van der Waals surface area contributed by atoms with Crippen LogP contribution >= 0.6 is 11.6 Å². The summed E-state index contributed by atoms with van der Waals surface area (Å²) in [5.41, 5.74) is 3.22. The standard InChI is InChI=1S/C26H29ClN4O2/c27-23-10-8-22(9-11-23)26(21-5-2-1-3-6-21)31-15-13-30(14-16-31)17-18-33-20-25(32)29-24-7-4-12-28-19-24/h1-12,19,26H,13-18,20H2,(H,29,32). The molecule has 0 saturated carbocycles. The van der Waals surface area contributed by atoms with Gasteiger partial charge in [-0.25, -0.2) is 0 Å². The summed E-state index contributed by atoms with van der Waals surface area (Å²) in [7, 11) is 0. The van der Waals surface area contributed by atoms with E-state index in [2.05, 4.69) is 62.6 Å². The first kappa shape index (κ1) is 23.4. The Bertz CT molecular complexity index is 994. The van der Waals surface area contributed by atoms with Crippen molar-refractivity contribution in [2.75, 3.05) is 51.3 Å². The number of pyridine rings is 1. The molecule has 1 amide bonds. The molecular formula is C26H29ClN4O2. The zero-order chi connectivity index (χ0) is 22.9. The Balaban J connectivity index is 1.25. The van der Waals surface area contributed by atoms with Gasteiger partial charge in [-0.1, -0.05) is 54.1 Å². The maximum absolute atomic E-state index is 12.0. The number of nitrogens with one attached hydrogen (secondary N) is 1. The molecule has 1 N–H and O–H groups in total. The fourth-order valence-corrected chi connectivity index (χ4v) is 4.26. The first-order valence-electron chi connectivity index (χ1n) is 11.2. The number of hydrogen-bond donors (Lipinski definition) is 1. The minimum Gasteiger partial charge on any atom is -0.370 e. The van der Waals surface area contributed by atoms with E-state index in [1.165, 1.54) is 11.1 Å². The van der Waals surface area contributed by atoms with E-state index in [0.717, 1.165) is 37.7 Å². The van der Waals surface area contributed by atoms with Crippen molar-refractivity contribution in [1.82, 2.24) is 14.8 Å². The van der Waals surface area contributed by atoms with Crippen molar-refractivity contribution in [3.05, 3.63) is 95.3 Å². The Hall–Kier alpha value is -2.77. The molecule has 6 nitrogen and oxygen atoms in total. The third kappa shape index (κ3) is 6.85. The number of piperazine rings is 1. The Morgan fingerprint density at radius 2 is 1.70 bits per heavy atom. The highest BCUT2D eigenvalue weighted by Crippen LogP contribution is 2.30. The lowest BCUT2D eigenvalue weighted by molar-refractivity contribution is -0.120. The van der Waals surface area contributed by atoms with E-state index in [9.17, 15) is 4.79 Å². The quantitative estimate of drug-likeness (QED) is 0.483. The third-order valence-electron chi connectivity index (χ3n) is 5.80. The van der Waals surface area contributed by atoms with Crippen LogP contribution in [-0.4, -0.2) is 66.6 Å². The van der Waals surface area contributed by atoms with E-state index in [1.807, 2.05) is 12.1 Å². The lowest BCUT2D eigenvalue weighted by atomic mass is 9.96. The van der Waals surface area contributed by atoms with Crippen molar-refractivity contribution in [2.45, 2.75) is 6.04 Å². The highest BCUT2D eigenvalue weighted by Gasteiger charge is 2.26. The lowest BCUT2D eigenvalue weighted by Gasteiger charge is -2.39. The third-order valence-corrected chi connectivity index (χ3v) is 6.06. The van der Waals surface area contributed by atoms with Gasteiger partial charge in [-0.3, -0.25) is 19.6 Å². The van der Waals surface area contributed by atoms with Crippen LogP contribution in [0.3, 0.4) is 0 Å². The molecule has 1 unspecified atom stereocenters. The number of nitrogens with zero attached hydrogens (tertiary/aromatic N) is 3. The van der Waals surface area contributed by atoms with Gasteiger partial charge in [0.15, 0.2) is 0 Å². The molecule has 1 aromatic heterocycles. The number of aromatic nitrogens is 1. The summed E-state index contributed by atoms with van der Waals surface area (Å²) in [4.78, 5) is 20.9. The van der Waals surface area contributed by atoms with Crippen molar-refractivity contribution in [2.24, 2.45) is 0 Å². The molecule has 172 valence electrons. The summed E-state index contributed by atoms with van der Waals surface area (Å²) in [6.07, 6.45) is 3.29. The highest BCUT2D eigenvalue weighted by molar-refractivity contribution is 6.30. The van der Waals surface area contributed by atoms with E-state index in [-0.39, 0.29) is 18.6 Å². The number of carbonyl (C=O) groups excluding carboxylic acids is 1. The van der Waals surface area contributed by atoms with Crippen LogP contribution in [0.25, 0.3) is 0 Å². The Morgan fingerprint density at radius 3 is 2.39 bits per heavy atom. The molecule has 7 heteroatoms. The summed E-state index contributed by atoms with van der Waals surface area (Å²) in [5, 5.41) is 3.53. The van der Waals surface area contributed by atoms with Crippen LogP contribution in [0.5, 0.6) is 0 Å². The van der Waals surface area contributed by atoms with Gasteiger partial charge in [-0.05, 0) is 35.4 Å². The number of anilines is 1. The van der Waals surface area contributed by atoms with Crippen molar-refractivity contribution in [3.63, 3.8) is 0 Å². The molecule has 3 aromatic rings. The zero-order valence-corrected chi connectivity index (χ0v) is 19.3. The van der Waals surface area contributed by atoms with E-state index in [0.29, 0.717) is 12.3 Å². The second-order valence-electron chi connectivity index (χ2n) is 8.08. The van der Waals surface area contributed by atoms with Crippen LogP contribution in [0, 0.1) is 0 Å². The van der Waals surface area contributed by atoms with Gasteiger partial charge in [-0.2, -0.15) is 0 Å². The van der Waals surface area contributed by atoms with Gasteiger partial charge in [-0.15, -0.1) is 0 Å². The van der Waals surface area contributed by atoms with Crippen LogP contribution < -0.4 is 5.32 Å². The van der Waals surface area contributed by atoms with Crippen molar-refractivity contribution >= 4 is 23.2 Å². The predicted molar refractivity (Wildman–Crippen MR) is 131 cm³/mol. The van der Waals surface area contributed by atoms with Crippen LogP contribution in [-0.2, 0) is 9.53 Å². The maximum Gasteiger partial charge on any atom is 0.250 e. The number of rotatable bonds is 9. The number of benzene rings is 2. The SMILES string of the molecule is O=C(COCCN1CCN(C(c2ccccc2)c2ccc(Cl)cc2)CC1)Nc1cccnc1. The number of halogens is 1. The van der Waals surface area contributed by atoms with E-state index >= 15 is 0 Å². The number of hydrogen-bond acceptors (Lipinski definition) is 5. The van der Waals surface area contributed by atoms with Gasteiger partial charge in [0.05, 0.1) is 24.5 Å². The second kappa shape index (κ2) is 11.9. The molecule has 1 fully saturated rings. The molecule has 0 aliphatic carbocycles. The van der Waals surface area contributed by atoms with Crippen molar-refractivity contribution in [1.29, 1.82) is 0 Å². The van der Waals surface area contributed by atoms with Gasteiger partial charge in [0.2, 0.25) is 5.91 Å². The summed E-state index contributed by atoms with van der Waals surface area (Å²) in [6, 6.07) is 22.6. The average Bonchev–Trinajstić information content (AvgIpc) is 2.85. The first-order chi connectivity index (χ1) is 16.2. The van der Waals surface area contributed by atoms with E-state index < -0.39 is 0 Å². The first-order valence-corrected chi connectivity index (χ1v) is 11.6. The van der Waals surface area contributed by atoms with Crippen molar-refractivity contribution < 1.29 is 9.53 Å². The zero-order valence-electron chi connectivity index (χ0n) is 18.6. The van der Waals surface area contributed by atoms with Crippen molar-refractivity contribution in [3.8, 4) is 0 Å². The smallest absolute Gasteiger partial charge is 0.250 e. The van der Waals surface area contributed by atoms with E-state index in [4.69, 9.17) is 16.3 Å². The van der Waals surface area contributed by atoms with Gasteiger partial charge >= 0.3 is 0 Å². The van der Waals surface area contributed by atoms with Crippen LogP contribution in [0.15, 0.2) is 79.1 Å². The molecule has 0 spiro atoms. The van der Waals surface area contributed by atoms with E-state index in [1.54, 1.807) is 24.5 Å². The lowest BCUT2D eigenvalue weighted by Crippen LogP contribution is -2.48. The topological polar surface area (TPSA) is 57.7 Å². The molecule has 1 saturated heterocycles. The average molecular weight is 465 g/mol. The second-order valence-corrected chi connectivity index (χ2v) is 8.52. The largest absolute Gasteiger partial charge is 0.370 e. The van der Waals surface area contributed by atoms with Gasteiger partial charge < -0.3 is 10.1 Å². The minimum atomic E-state index is -0.165. The Labute approximate surface area is 200 Å². The molecular weight excluding hydrogens is 436 g/mol. The molecule has 33 heavy (non-hydrogen) atoms. The molecule has 2 aromatic carbocycles. The molecule has 1 aliphatic rings. The summed E-state index contributed by atoms with van der Waals surface area (Å²) in [6.45, 7) is 5.23. The maximum atomic E-state index is 12.0. The number of ether oxygens (including phenoxy) is 1. The molecule has 0 bridgehead atoms. The summed E-state index contributed by atoms with van der Waals surface area (Å²) in [5.74, 6) is -0.165. The van der Waals surface area contributed by atoms with Gasteiger partial charge in [0.1, 0.15) is 6.61 Å². The number of amides is 1. The van der Waals surface area contributed by atoms with Crippen LogP contribution in [0.4, 0.5) is 5.69 Å². The molecule has 0 radical (unpaired) electrons. The summed E-state index contributed by atoms with van der Waals surface area (Å²) >= 11 is 6.13. The van der Waals surface area contributed by atoms with Crippen LogP contribution in [0.2, 0.25) is 5.02 Å². The normalized spacial score (nSPS) is 15.8. The van der Waals surface area contributed by atoms with Crippen LogP contribution in [0.1, 0.15) is 17.2 Å². The molecule has 2 heterocycles.